The van der Waals surface area contributed by atoms with Crippen molar-refractivity contribution in [3.05, 3.63) is 90.0 Å². The highest BCUT2D eigenvalue weighted by molar-refractivity contribution is 7.99. The van der Waals surface area contributed by atoms with Gasteiger partial charge in [0.2, 0.25) is 5.91 Å². The number of carbonyl (C=O) groups excluding carboxylic acids is 1. The summed E-state index contributed by atoms with van der Waals surface area (Å²) >= 11 is 1.18. The molecule has 0 saturated carbocycles. The van der Waals surface area contributed by atoms with Crippen LogP contribution in [-0.2, 0) is 11.2 Å². The number of para-hydroxylation sites is 1. The van der Waals surface area contributed by atoms with Crippen molar-refractivity contribution in [1.29, 1.82) is 0 Å². The van der Waals surface area contributed by atoms with Crippen LogP contribution in [0.25, 0.3) is 17.1 Å². The summed E-state index contributed by atoms with van der Waals surface area (Å²) in [5.41, 5.74) is 2.92. The maximum atomic E-state index is 14.7. The van der Waals surface area contributed by atoms with E-state index in [1.54, 1.807) is 4.90 Å². The summed E-state index contributed by atoms with van der Waals surface area (Å²) in [5.74, 6) is -0.948. The molecule has 1 amide bonds. The molecule has 0 saturated heterocycles. The summed E-state index contributed by atoms with van der Waals surface area (Å²) < 4.78 is 29.8. The van der Waals surface area contributed by atoms with Crippen molar-refractivity contribution in [2.45, 2.75) is 24.5 Å². The number of halogens is 2. The molecule has 0 spiro atoms. The molecule has 0 radical (unpaired) electrons. The van der Waals surface area contributed by atoms with E-state index in [0.717, 1.165) is 29.3 Å². The lowest BCUT2D eigenvalue weighted by molar-refractivity contribution is -0.116. The summed E-state index contributed by atoms with van der Waals surface area (Å²) in [7, 11) is 0. The fourth-order valence-electron chi connectivity index (χ4n) is 4.16. The number of amides is 1. The maximum Gasteiger partial charge on any atom is 0.237 e. The Labute approximate surface area is 194 Å². The second-order valence-electron chi connectivity index (χ2n) is 7.84. The van der Waals surface area contributed by atoms with Gasteiger partial charge in [0.15, 0.2) is 11.0 Å². The third-order valence-electron chi connectivity index (χ3n) is 5.62. The van der Waals surface area contributed by atoms with Crippen LogP contribution in [0.2, 0.25) is 0 Å². The first-order chi connectivity index (χ1) is 16.0. The number of fused-ring (bicyclic) bond motifs is 1. The van der Waals surface area contributed by atoms with Crippen LogP contribution in [0.5, 0.6) is 0 Å². The molecule has 0 N–H and O–H groups in total. The fourth-order valence-corrected chi connectivity index (χ4v) is 4.96. The van der Waals surface area contributed by atoms with E-state index in [4.69, 9.17) is 0 Å². The van der Waals surface area contributed by atoms with Crippen LogP contribution in [0.4, 0.5) is 14.5 Å². The normalized spacial score (nSPS) is 15.0. The monoisotopic (exact) mass is 462 g/mol. The minimum absolute atomic E-state index is 0.0581. The molecule has 8 heteroatoms. The highest BCUT2D eigenvalue weighted by atomic mass is 32.2. The first kappa shape index (κ1) is 21.3. The van der Waals surface area contributed by atoms with Gasteiger partial charge in [0.05, 0.1) is 11.4 Å². The van der Waals surface area contributed by atoms with Gasteiger partial charge in [-0.25, -0.2) is 8.78 Å². The molecule has 4 aromatic rings. The molecule has 166 valence electrons. The number of aromatic nitrogens is 3. The number of carbonyl (C=O) groups is 1. The van der Waals surface area contributed by atoms with E-state index < -0.39 is 11.6 Å². The molecule has 5 nitrogen and oxygen atoms in total. The van der Waals surface area contributed by atoms with Gasteiger partial charge in [-0.05, 0) is 37.1 Å². The zero-order valence-corrected chi connectivity index (χ0v) is 18.6. The van der Waals surface area contributed by atoms with E-state index in [-0.39, 0.29) is 23.4 Å². The number of benzene rings is 3. The van der Waals surface area contributed by atoms with Crippen molar-refractivity contribution in [1.82, 2.24) is 14.8 Å². The highest BCUT2D eigenvalue weighted by Gasteiger charge is 2.31. The molecule has 0 unspecified atom stereocenters. The average Bonchev–Trinajstić information content (AvgIpc) is 3.38. The smallest absolute Gasteiger partial charge is 0.237 e. The largest absolute Gasteiger partial charge is 0.308 e. The zero-order valence-electron chi connectivity index (χ0n) is 17.8. The highest BCUT2D eigenvalue weighted by Crippen LogP contribution is 2.34. The summed E-state index contributed by atoms with van der Waals surface area (Å²) in [5, 5.41) is 8.85. The van der Waals surface area contributed by atoms with Gasteiger partial charge < -0.3 is 4.90 Å². The minimum Gasteiger partial charge on any atom is -0.308 e. The summed E-state index contributed by atoms with van der Waals surface area (Å²) in [6.07, 6.45) is 0.807. The standard InChI is InChI=1S/C25H20F2N4OS/c1-16-13-18-9-5-6-10-21(18)30(16)23(32)15-33-25-29-28-24(17-7-3-2-4-8-17)31(25)22-12-11-19(26)14-20(22)27/h2-12,14,16H,13,15H2,1H3/t16-/m1/s1. The molecule has 0 aliphatic carbocycles. The van der Waals surface area contributed by atoms with E-state index in [9.17, 15) is 13.6 Å². The second-order valence-corrected chi connectivity index (χ2v) is 8.78. The van der Waals surface area contributed by atoms with Crippen LogP contribution in [-0.4, -0.2) is 32.5 Å². The van der Waals surface area contributed by atoms with Gasteiger partial charge in [-0.3, -0.25) is 9.36 Å². The van der Waals surface area contributed by atoms with E-state index in [1.807, 2.05) is 61.5 Å². The number of hydrogen-bond acceptors (Lipinski definition) is 4. The molecule has 1 aromatic heterocycles. The van der Waals surface area contributed by atoms with E-state index in [1.165, 1.54) is 28.5 Å². The van der Waals surface area contributed by atoms with E-state index >= 15 is 0 Å². The van der Waals surface area contributed by atoms with Gasteiger partial charge in [0, 0.05) is 23.4 Å². The Hall–Kier alpha value is -3.52. The Morgan fingerprint density at radius 2 is 1.76 bits per heavy atom. The van der Waals surface area contributed by atoms with Crippen molar-refractivity contribution in [2.24, 2.45) is 0 Å². The molecule has 0 fully saturated rings. The predicted molar refractivity (Wildman–Crippen MR) is 125 cm³/mol. The van der Waals surface area contributed by atoms with Gasteiger partial charge in [0.1, 0.15) is 11.6 Å². The molecular weight excluding hydrogens is 442 g/mol. The number of hydrogen-bond donors (Lipinski definition) is 0. The predicted octanol–water partition coefficient (Wildman–Crippen LogP) is 5.28. The molecule has 2 heterocycles. The number of nitrogens with zero attached hydrogens (tertiary/aromatic N) is 4. The van der Waals surface area contributed by atoms with Crippen LogP contribution in [0.1, 0.15) is 12.5 Å². The fraction of sp³-hybridized carbons (Fsp3) is 0.160. The second kappa shape index (κ2) is 8.78. The Kier molecular flexibility index (Phi) is 5.68. The van der Waals surface area contributed by atoms with Gasteiger partial charge in [-0.1, -0.05) is 60.3 Å². The van der Waals surface area contributed by atoms with Crippen molar-refractivity contribution < 1.29 is 13.6 Å². The SMILES string of the molecule is C[C@@H]1Cc2ccccc2N1C(=O)CSc1nnc(-c2ccccc2)n1-c1ccc(F)cc1F. The Bertz CT molecular complexity index is 1330. The molecule has 1 aliphatic heterocycles. The summed E-state index contributed by atoms with van der Waals surface area (Å²) in [6, 6.07) is 20.5. The van der Waals surface area contributed by atoms with Crippen LogP contribution in [0, 0.1) is 11.6 Å². The van der Waals surface area contributed by atoms with Crippen molar-refractivity contribution in [3.8, 4) is 17.1 Å². The molecule has 1 atom stereocenters. The topological polar surface area (TPSA) is 51.0 Å². The summed E-state index contributed by atoms with van der Waals surface area (Å²) in [4.78, 5) is 15.0. The Balaban J connectivity index is 1.48. The molecular formula is C25H20F2N4OS. The van der Waals surface area contributed by atoms with Gasteiger partial charge in [0.25, 0.3) is 0 Å². The average molecular weight is 463 g/mol. The molecule has 33 heavy (non-hydrogen) atoms. The number of rotatable bonds is 5. The van der Waals surface area contributed by atoms with Gasteiger partial charge in [-0.2, -0.15) is 0 Å². The van der Waals surface area contributed by atoms with Gasteiger partial charge in [-0.15, -0.1) is 10.2 Å². The number of anilines is 1. The molecule has 3 aromatic carbocycles. The van der Waals surface area contributed by atoms with Crippen molar-refractivity contribution in [2.75, 3.05) is 10.7 Å². The van der Waals surface area contributed by atoms with Crippen LogP contribution < -0.4 is 4.90 Å². The van der Waals surface area contributed by atoms with Crippen molar-refractivity contribution >= 4 is 23.4 Å². The van der Waals surface area contributed by atoms with Crippen molar-refractivity contribution in [3.63, 3.8) is 0 Å². The number of thioether (sulfide) groups is 1. The van der Waals surface area contributed by atoms with E-state index in [0.29, 0.717) is 11.0 Å². The quantitative estimate of drug-likeness (QED) is 0.379. The third-order valence-corrected chi connectivity index (χ3v) is 6.53. The zero-order chi connectivity index (χ0) is 22.9. The lowest BCUT2D eigenvalue weighted by Gasteiger charge is -2.22. The van der Waals surface area contributed by atoms with Gasteiger partial charge >= 0.3 is 0 Å². The first-order valence-corrected chi connectivity index (χ1v) is 11.5. The third kappa shape index (κ3) is 4.02. The Morgan fingerprint density at radius 1 is 1.00 bits per heavy atom. The minimum atomic E-state index is -0.734. The summed E-state index contributed by atoms with van der Waals surface area (Å²) in [6.45, 7) is 2.02. The first-order valence-electron chi connectivity index (χ1n) is 10.5. The maximum absolute atomic E-state index is 14.7. The lowest BCUT2D eigenvalue weighted by Crippen LogP contribution is -2.37. The lowest BCUT2D eigenvalue weighted by atomic mass is 10.1. The molecule has 0 bridgehead atoms. The van der Waals surface area contributed by atoms with E-state index in [2.05, 4.69) is 10.2 Å². The van der Waals surface area contributed by atoms with Crippen LogP contribution in [0.15, 0.2) is 78.0 Å². The molecule has 1 aliphatic rings. The Morgan fingerprint density at radius 3 is 2.55 bits per heavy atom. The molecule has 5 rings (SSSR count). The van der Waals surface area contributed by atoms with Crippen LogP contribution in [0.3, 0.4) is 0 Å². The van der Waals surface area contributed by atoms with Crippen LogP contribution >= 0.6 is 11.8 Å².